The Morgan fingerprint density at radius 2 is 1.85 bits per heavy atom. The second kappa shape index (κ2) is 12.1. The van der Waals surface area contributed by atoms with Gasteiger partial charge in [0.05, 0.1) is 5.76 Å². The summed E-state index contributed by atoms with van der Waals surface area (Å²) in [5.41, 5.74) is 0.523. The predicted octanol–water partition coefficient (Wildman–Crippen LogP) is 6.48. The fourth-order valence-corrected chi connectivity index (χ4v) is 3.61. The minimum absolute atomic E-state index is 0.0303. The van der Waals surface area contributed by atoms with Crippen LogP contribution in [0, 0.1) is 29.3 Å². The van der Waals surface area contributed by atoms with Crippen molar-refractivity contribution in [2.75, 3.05) is 13.6 Å². The zero-order valence-corrected chi connectivity index (χ0v) is 17.0. The van der Waals surface area contributed by atoms with Crippen LogP contribution >= 0.6 is 0 Å². The number of rotatable bonds is 6. The molecule has 5 heteroatoms. The van der Waals surface area contributed by atoms with Crippen LogP contribution < -0.4 is 5.32 Å². The zero-order valence-electron chi connectivity index (χ0n) is 17.0. The van der Waals surface area contributed by atoms with Crippen molar-refractivity contribution in [3.63, 3.8) is 0 Å². The first-order valence-electron chi connectivity index (χ1n) is 9.95. The predicted molar refractivity (Wildman–Crippen MR) is 105 cm³/mol. The van der Waals surface area contributed by atoms with Crippen molar-refractivity contribution in [1.82, 2.24) is 5.32 Å². The molecule has 1 fully saturated rings. The lowest BCUT2D eigenvalue weighted by atomic mass is 9.76. The zero-order chi connectivity index (χ0) is 20.4. The van der Waals surface area contributed by atoms with E-state index in [9.17, 15) is 18.3 Å². The number of benzene rings is 1. The SMILES string of the molecule is CC/C=C(/O)CC1CCCC(c2cc(F)c(F)c(F)c2)C1.CNCC(C)C. The summed E-state index contributed by atoms with van der Waals surface area (Å²) in [6, 6.07) is 2.21. The monoisotopic (exact) mass is 385 g/mol. The molecule has 0 aromatic heterocycles. The summed E-state index contributed by atoms with van der Waals surface area (Å²) in [5.74, 6) is -2.14. The molecule has 1 aliphatic rings. The second-order valence-electron chi connectivity index (χ2n) is 7.79. The lowest BCUT2D eigenvalue weighted by Gasteiger charge is -2.29. The fourth-order valence-electron chi connectivity index (χ4n) is 3.61. The van der Waals surface area contributed by atoms with Gasteiger partial charge in [-0.25, -0.2) is 13.2 Å². The van der Waals surface area contributed by atoms with Crippen molar-refractivity contribution in [3.8, 4) is 0 Å². The molecule has 0 amide bonds. The maximum atomic E-state index is 13.3. The van der Waals surface area contributed by atoms with E-state index in [1.165, 1.54) is 0 Å². The summed E-state index contributed by atoms with van der Waals surface area (Å²) < 4.78 is 39.7. The molecular weight excluding hydrogens is 351 g/mol. The number of hydrogen-bond donors (Lipinski definition) is 2. The smallest absolute Gasteiger partial charge is 0.194 e. The number of hydrogen-bond acceptors (Lipinski definition) is 2. The van der Waals surface area contributed by atoms with Crippen LogP contribution in [0.5, 0.6) is 0 Å². The molecular formula is C22H34F3NO. The summed E-state index contributed by atoms with van der Waals surface area (Å²) in [4.78, 5) is 0. The van der Waals surface area contributed by atoms with Gasteiger partial charge in [-0.15, -0.1) is 0 Å². The van der Waals surface area contributed by atoms with Crippen LogP contribution in [0.3, 0.4) is 0 Å². The first-order valence-corrected chi connectivity index (χ1v) is 9.95. The average molecular weight is 386 g/mol. The summed E-state index contributed by atoms with van der Waals surface area (Å²) in [5, 5.41) is 12.8. The highest BCUT2D eigenvalue weighted by atomic mass is 19.2. The minimum atomic E-state index is -1.41. The number of aliphatic hydroxyl groups excluding tert-OH is 1. The Kier molecular flexibility index (Phi) is 10.5. The van der Waals surface area contributed by atoms with E-state index in [1.54, 1.807) is 6.08 Å². The average Bonchev–Trinajstić information content (AvgIpc) is 2.60. The van der Waals surface area contributed by atoms with Crippen LogP contribution in [0.1, 0.15) is 70.8 Å². The van der Waals surface area contributed by atoms with Crippen LogP contribution in [0.25, 0.3) is 0 Å². The molecule has 0 radical (unpaired) electrons. The van der Waals surface area contributed by atoms with Crippen LogP contribution in [0.2, 0.25) is 0 Å². The Labute approximate surface area is 161 Å². The normalized spacial score (nSPS) is 20.4. The Morgan fingerprint density at radius 3 is 2.33 bits per heavy atom. The molecule has 1 aliphatic carbocycles. The van der Waals surface area contributed by atoms with Gasteiger partial charge in [0.2, 0.25) is 0 Å². The summed E-state index contributed by atoms with van der Waals surface area (Å²) >= 11 is 0. The molecule has 0 spiro atoms. The highest BCUT2D eigenvalue weighted by molar-refractivity contribution is 5.23. The maximum Gasteiger partial charge on any atom is 0.194 e. The molecule has 0 heterocycles. The van der Waals surface area contributed by atoms with Crippen molar-refractivity contribution in [2.45, 2.75) is 65.2 Å². The summed E-state index contributed by atoms with van der Waals surface area (Å²) in [6.07, 6.45) is 6.76. The van der Waals surface area contributed by atoms with E-state index in [1.807, 2.05) is 14.0 Å². The molecule has 2 atom stereocenters. The number of nitrogens with one attached hydrogen (secondary N) is 1. The largest absolute Gasteiger partial charge is 0.513 e. The summed E-state index contributed by atoms with van der Waals surface area (Å²) in [6.45, 7) is 7.47. The van der Waals surface area contributed by atoms with E-state index >= 15 is 0 Å². The van der Waals surface area contributed by atoms with Crippen molar-refractivity contribution < 1.29 is 18.3 Å². The molecule has 2 N–H and O–H groups in total. The van der Waals surface area contributed by atoms with Crippen molar-refractivity contribution in [3.05, 3.63) is 47.0 Å². The van der Waals surface area contributed by atoms with E-state index in [2.05, 4.69) is 19.2 Å². The Balaban J connectivity index is 0.000000527. The van der Waals surface area contributed by atoms with Crippen molar-refractivity contribution in [1.29, 1.82) is 0 Å². The van der Waals surface area contributed by atoms with Crippen LogP contribution in [0.15, 0.2) is 24.0 Å². The van der Waals surface area contributed by atoms with Gasteiger partial charge >= 0.3 is 0 Å². The van der Waals surface area contributed by atoms with Gasteiger partial charge in [0.15, 0.2) is 17.5 Å². The minimum Gasteiger partial charge on any atom is -0.513 e. The maximum absolute atomic E-state index is 13.3. The number of aliphatic hydroxyl groups is 1. The van der Waals surface area contributed by atoms with Crippen LogP contribution in [0.4, 0.5) is 13.2 Å². The first kappa shape index (κ1) is 23.5. The third-order valence-corrected chi connectivity index (χ3v) is 4.81. The molecule has 2 unspecified atom stereocenters. The first-order chi connectivity index (χ1) is 12.8. The van der Waals surface area contributed by atoms with Gasteiger partial charge in [-0.1, -0.05) is 27.2 Å². The molecule has 27 heavy (non-hydrogen) atoms. The highest BCUT2D eigenvalue weighted by Gasteiger charge is 2.25. The Morgan fingerprint density at radius 1 is 1.22 bits per heavy atom. The number of halogens is 3. The van der Waals surface area contributed by atoms with Gasteiger partial charge in [-0.05, 0) is 80.8 Å². The molecule has 0 aliphatic heterocycles. The molecule has 154 valence electrons. The van der Waals surface area contributed by atoms with Crippen molar-refractivity contribution in [2.24, 2.45) is 11.8 Å². The third-order valence-electron chi connectivity index (χ3n) is 4.81. The van der Waals surface area contributed by atoms with Gasteiger partial charge in [-0.2, -0.15) is 0 Å². The van der Waals surface area contributed by atoms with Gasteiger partial charge in [0, 0.05) is 6.42 Å². The van der Waals surface area contributed by atoms with E-state index in [-0.39, 0.29) is 5.92 Å². The van der Waals surface area contributed by atoms with E-state index < -0.39 is 17.5 Å². The van der Waals surface area contributed by atoms with Gasteiger partial charge in [0.25, 0.3) is 0 Å². The third kappa shape index (κ3) is 8.37. The van der Waals surface area contributed by atoms with Crippen LogP contribution in [-0.2, 0) is 0 Å². The second-order valence-corrected chi connectivity index (χ2v) is 7.79. The van der Waals surface area contributed by atoms with Crippen LogP contribution in [-0.4, -0.2) is 18.7 Å². The topological polar surface area (TPSA) is 32.3 Å². The number of allylic oxidation sites excluding steroid dienone is 2. The molecule has 1 aromatic carbocycles. The van der Waals surface area contributed by atoms with E-state index in [4.69, 9.17) is 0 Å². The van der Waals surface area contributed by atoms with Gasteiger partial charge < -0.3 is 10.4 Å². The van der Waals surface area contributed by atoms with E-state index in [0.717, 1.165) is 56.7 Å². The highest BCUT2D eigenvalue weighted by Crippen LogP contribution is 2.39. The molecule has 2 rings (SSSR count). The standard InChI is InChI=1S/C17H21F3O.C5H13N/c1-2-4-14(21)8-11-5-3-6-12(7-11)13-9-15(18)17(20)16(19)10-13;1-5(2)4-6-3/h4,9-12,21H,2-3,5-8H2,1H3;5-6H,4H2,1-3H3/b14-4+;. The molecule has 2 nitrogen and oxygen atoms in total. The molecule has 0 bridgehead atoms. The fraction of sp³-hybridized carbons (Fsp3) is 0.636. The quantitative estimate of drug-likeness (QED) is 0.434. The molecule has 1 aromatic rings. The Bertz CT molecular complexity index is 578. The Hall–Kier alpha value is -1.49. The molecule has 0 saturated heterocycles. The van der Waals surface area contributed by atoms with Gasteiger partial charge in [-0.3, -0.25) is 0 Å². The van der Waals surface area contributed by atoms with Crippen molar-refractivity contribution >= 4 is 0 Å². The van der Waals surface area contributed by atoms with E-state index in [0.29, 0.717) is 23.7 Å². The molecule has 1 saturated carbocycles. The lowest BCUT2D eigenvalue weighted by molar-refractivity contribution is 0.275. The summed E-state index contributed by atoms with van der Waals surface area (Å²) in [7, 11) is 1.97. The lowest BCUT2D eigenvalue weighted by Crippen LogP contribution is -2.15. The van der Waals surface area contributed by atoms with Gasteiger partial charge in [0.1, 0.15) is 0 Å².